The van der Waals surface area contributed by atoms with Gasteiger partial charge in [-0.05, 0) is 38.2 Å². The third-order valence-electron chi connectivity index (χ3n) is 2.69. The van der Waals surface area contributed by atoms with E-state index < -0.39 is 0 Å². The van der Waals surface area contributed by atoms with Gasteiger partial charge in [-0.1, -0.05) is 6.42 Å². The summed E-state index contributed by atoms with van der Waals surface area (Å²) in [5.41, 5.74) is 2.34. The van der Waals surface area contributed by atoms with E-state index in [4.69, 9.17) is 0 Å². The minimum atomic E-state index is 0.236. The van der Waals surface area contributed by atoms with E-state index in [9.17, 15) is 4.79 Å². The molecule has 1 heterocycles. The number of carbonyl (C=O) groups is 1. The van der Waals surface area contributed by atoms with Gasteiger partial charge in [0.15, 0.2) is 5.78 Å². The first-order valence-electron chi connectivity index (χ1n) is 4.89. The van der Waals surface area contributed by atoms with Crippen molar-refractivity contribution in [2.45, 2.75) is 39.0 Å². The number of aryl methyl sites for hydroxylation is 1. The summed E-state index contributed by atoms with van der Waals surface area (Å²) in [4.78, 5) is 12.8. The van der Waals surface area contributed by atoms with Crippen LogP contribution in [0.15, 0.2) is 5.38 Å². The van der Waals surface area contributed by atoms with Crippen LogP contribution in [0.4, 0.5) is 0 Å². The summed E-state index contributed by atoms with van der Waals surface area (Å²) < 4.78 is 0. The van der Waals surface area contributed by atoms with E-state index in [0.717, 1.165) is 12.0 Å². The Morgan fingerprint density at radius 3 is 2.85 bits per heavy atom. The molecular weight excluding hydrogens is 180 g/mol. The van der Waals surface area contributed by atoms with Gasteiger partial charge in [-0.2, -0.15) is 0 Å². The smallest absolute Gasteiger partial charge is 0.160 e. The molecule has 0 saturated carbocycles. The quantitative estimate of drug-likeness (QED) is 0.495. The highest BCUT2D eigenvalue weighted by Gasteiger charge is 2.16. The Labute approximate surface area is 82.8 Å². The number of fused-ring (bicyclic) bond motifs is 1. The lowest BCUT2D eigenvalue weighted by atomic mass is 10.0. The zero-order valence-corrected chi connectivity index (χ0v) is 8.75. The maximum Gasteiger partial charge on any atom is 0.160 e. The third kappa shape index (κ3) is 1.68. The van der Waals surface area contributed by atoms with Crippen molar-refractivity contribution in [1.29, 1.82) is 0 Å². The summed E-state index contributed by atoms with van der Waals surface area (Å²) in [5.74, 6) is 0.236. The van der Waals surface area contributed by atoms with Gasteiger partial charge in [0.05, 0.1) is 0 Å². The van der Waals surface area contributed by atoms with E-state index in [-0.39, 0.29) is 5.78 Å². The van der Waals surface area contributed by atoms with Crippen molar-refractivity contribution in [1.82, 2.24) is 0 Å². The van der Waals surface area contributed by atoms with E-state index >= 15 is 0 Å². The lowest BCUT2D eigenvalue weighted by molar-refractivity contribution is 0.101. The molecular formula is C11H14OS. The van der Waals surface area contributed by atoms with E-state index in [2.05, 4.69) is 0 Å². The van der Waals surface area contributed by atoms with Crippen LogP contribution in [-0.2, 0) is 12.8 Å². The molecule has 0 atom stereocenters. The fourth-order valence-electron chi connectivity index (χ4n) is 1.97. The minimum absolute atomic E-state index is 0.236. The number of carbonyl (C=O) groups excluding carboxylic acids is 1. The van der Waals surface area contributed by atoms with Crippen molar-refractivity contribution in [3.05, 3.63) is 21.4 Å². The molecule has 0 N–H and O–H groups in total. The Kier molecular flexibility index (Phi) is 2.49. The Balaban J connectivity index is 2.39. The van der Waals surface area contributed by atoms with Gasteiger partial charge < -0.3 is 0 Å². The predicted molar refractivity (Wildman–Crippen MR) is 55.6 cm³/mol. The summed E-state index contributed by atoms with van der Waals surface area (Å²) in [5, 5.41) is 2.04. The first-order chi connectivity index (χ1) is 6.29. The first-order valence-corrected chi connectivity index (χ1v) is 5.77. The average Bonchev–Trinajstić information content (AvgIpc) is 2.36. The molecule has 1 aromatic heterocycles. The topological polar surface area (TPSA) is 17.1 Å². The minimum Gasteiger partial charge on any atom is -0.294 e. The van der Waals surface area contributed by atoms with Gasteiger partial charge >= 0.3 is 0 Å². The molecule has 0 spiro atoms. The molecule has 1 aliphatic rings. The first kappa shape index (κ1) is 8.95. The molecule has 2 heteroatoms. The molecule has 0 aromatic carbocycles. The second kappa shape index (κ2) is 3.62. The van der Waals surface area contributed by atoms with E-state index in [1.807, 2.05) is 5.38 Å². The van der Waals surface area contributed by atoms with Crippen LogP contribution in [0, 0.1) is 0 Å². The lowest BCUT2D eigenvalue weighted by Gasteiger charge is -1.99. The highest BCUT2D eigenvalue weighted by molar-refractivity contribution is 7.10. The van der Waals surface area contributed by atoms with Crippen molar-refractivity contribution < 1.29 is 4.79 Å². The van der Waals surface area contributed by atoms with Crippen LogP contribution < -0.4 is 0 Å². The Morgan fingerprint density at radius 1 is 1.31 bits per heavy atom. The van der Waals surface area contributed by atoms with Crippen LogP contribution >= 0.6 is 11.3 Å². The Hall–Kier alpha value is -0.630. The molecule has 1 nitrogen and oxygen atoms in total. The molecule has 0 fully saturated rings. The summed E-state index contributed by atoms with van der Waals surface area (Å²) in [6, 6.07) is 0. The fourth-order valence-corrected chi connectivity index (χ4v) is 3.15. The molecule has 0 bridgehead atoms. The molecule has 0 aliphatic heterocycles. The van der Waals surface area contributed by atoms with Crippen molar-refractivity contribution in [3.8, 4) is 0 Å². The molecule has 70 valence electrons. The normalized spacial score (nSPS) is 16.4. The number of ketones is 1. The van der Waals surface area contributed by atoms with Crippen molar-refractivity contribution in [2.75, 3.05) is 0 Å². The van der Waals surface area contributed by atoms with E-state index in [1.165, 1.54) is 36.1 Å². The Morgan fingerprint density at radius 2 is 2.08 bits per heavy atom. The standard InChI is InChI=1S/C11H14OS/c1-8(12)10-7-13-11-6-4-2-3-5-9(10)11/h7H,2-6H2,1H3. The van der Waals surface area contributed by atoms with Crippen LogP contribution in [-0.4, -0.2) is 5.78 Å². The van der Waals surface area contributed by atoms with Crippen molar-refractivity contribution >= 4 is 17.1 Å². The molecule has 0 radical (unpaired) electrons. The molecule has 0 amide bonds. The monoisotopic (exact) mass is 194 g/mol. The van der Waals surface area contributed by atoms with Gasteiger partial charge in [0.2, 0.25) is 0 Å². The van der Waals surface area contributed by atoms with Crippen LogP contribution in [0.5, 0.6) is 0 Å². The van der Waals surface area contributed by atoms with Gasteiger partial charge in [0, 0.05) is 15.8 Å². The van der Waals surface area contributed by atoms with Crippen LogP contribution in [0.2, 0.25) is 0 Å². The van der Waals surface area contributed by atoms with Crippen LogP contribution in [0.3, 0.4) is 0 Å². The van der Waals surface area contributed by atoms with Gasteiger partial charge in [-0.3, -0.25) is 4.79 Å². The van der Waals surface area contributed by atoms with E-state index in [1.54, 1.807) is 18.3 Å². The maximum atomic E-state index is 11.3. The fraction of sp³-hybridized carbons (Fsp3) is 0.545. The molecule has 2 rings (SSSR count). The zero-order valence-electron chi connectivity index (χ0n) is 7.93. The van der Waals surface area contributed by atoms with Crippen molar-refractivity contribution in [2.24, 2.45) is 0 Å². The summed E-state index contributed by atoms with van der Waals surface area (Å²) in [7, 11) is 0. The number of rotatable bonds is 1. The van der Waals surface area contributed by atoms with Crippen LogP contribution in [0.1, 0.15) is 47.0 Å². The third-order valence-corrected chi connectivity index (χ3v) is 3.78. The number of Topliss-reactive ketones (excluding diaryl/α,β-unsaturated/α-hetero) is 1. The molecule has 0 unspecified atom stereocenters. The average molecular weight is 194 g/mol. The van der Waals surface area contributed by atoms with Crippen molar-refractivity contribution in [3.63, 3.8) is 0 Å². The lowest BCUT2D eigenvalue weighted by Crippen LogP contribution is -1.96. The van der Waals surface area contributed by atoms with E-state index in [0.29, 0.717) is 0 Å². The highest BCUT2D eigenvalue weighted by atomic mass is 32.1. The maximum absolute atomic E-state index is 11.3. The highest BCUT2D eigenvalue weighted by Crippen LogP contribution is 2.29. The SMILES string of the molecule is CC(=O)c1csc2c1CCCCC2. The van der Waals surface area contributed by atoms with Crippen LogP contribution in [0.25, 0.3) is 0 Å². The zero-order chi connectivity index (χ0) is 9.26. The summed E-state index contributed by atoms with van der Waals surface area (Å²) in [6.07, 6.45) is 6.18. The van der Waals surface area contributed by atoms with Gasteiger partial charge in [0.1, 0.15) is 0 Å². The molecule has 0 saturated heterocycles. The second-order valence-electron chi connectivity index (χ2n) is 3.67. The van der Waals surface area contributed by atoms with Gasteiger partial charge in [-0.25, -0.2) is 0 Å². The summed E-state index contributed by atoms with van der Waals surface area (Å²) in [6.45, 7) is 1.67. The molecule has 13 heavy (non-hydrogen) atoms. The number of hydrogen-bond donors (Lipinski definition) is 0. The number of thiophene rings is 1. The molecule has 1 aromatic rings. The largest absolute Gasteiger partial charge is 0.294 e. The Bertz CT molecular complexity index is 325. The van der Waals surface area contributed by atoms with Gasteiger partial charge in [-0.15, -0.1) is 11.3 Å². The molecule has 1 aliphatic carbocycles. The second-order valence-corrected chi connectivity index (χ2v) is 4.63. The van der Waals surface area contributed by atoms with Gasteiger partial charge in [0.25, 0.3) is 0 Å². The summed E-state index contributed by atoms with van der Waals surface area (Å²) >= 11 is 1.77. The predicted octanol–water partition coefficient (Wildman–Crippen LogP) is 3.22. The number of hydrogen-bond acceptors (Lipinski definition) is 2.